The third-order valence-electron chi connectivity index (χ3n) is 3.57. The second-order valence-electron chi connectivity index (χ2n) is 5.00. The quantitative estimate of drug-likeness (QED) is 0.796. The largest absolute Gasteiger partial charge is 0.463 e. The zero-order valence-electron chi connectivity index (χ0n) is 12.5. The van der Waals surface area contributed by atoms with Crippen LogP contribution in [0.4, 0.5) is 0 Å². The molecule has 5 nitrogen and oxygen atoms in total. The molecule has 0 saturated carbocycles. The fraction of sp³-hybridized carbons (Fsp3) is 0.400. The number of fused-ring (bicyclic) bond motifs is 1. The smallest absolute Gasteiger partial charge is 0.338 e. The van der Waals surface area contributed by atoms with E-state index in [1.165, 1.54) is 23.1 Å². The average Bonchev–Trinajstić information content (AvgIpc) is 3.07. The molecule has 2 aliphatic heterocycles. The Labute approximate surface area is 137 Å². The van der Waals surface area contributed by atoms with Crippen LogP contribution in [0, 0.1) is 0 Å². The minimum atomic E-state index is -0.434. The molecule has 0 unspecified atom stereocenters. The van der Waals surface area contributed by atoms with E-state index in [9.17, 15) is 9.59 Å². The Bertz CT molecular complexity index is 679. The molecule has 0 spiro atoms. The molecule has 1 saturated heterocycles. The number of carbonyl (C=O) groups is 2. The van der Waals surface area contributed by atoms with Crippen molar-refractivity contribution in [2.24, 2.45) is 4.99 Å². The van der Waals surface area contributed by atoms with Gasteiger partial charge in [-0.15, -0.1) is 11.3 Å². The number of amidine groups is 1. The molecule has 0 bridgehead atoms. The number of nitrogens with zero attached hydrogens (tertiary/aromatic N) is 2. The summed E-state index contributed by atoms with van der Waals surface area (Å²) in [5, 5.41) is 2.42. The molecule has 0 N–H and O–H groups in total. The maximum absolute atomic E-state index is 12.5. The summed E-state index contributed by atoms with van der Waals surface area (Å²) >= 11 is 2.96. The predicted molar refractivity (Wildman–Crippen MR) is 87.7 cm³/mol. The normalized spacial score (nSPS) is 24.4. The van der Waals surface area contributed by atoms with Gasteiger partial charge in [0.2, 0.25) is 5.91 Å². The lowest BCUT2D eigenvalue weighted by Crippen LogP contribution is -2.40. The van der Waals surface area contributed by atoms with Crippen molar-refractivity contribution in [2.45, 2.75) is 32.1 Å². The lowest BCUT2D eigenvalue weighted by Gasteiger charge is -2.31. The van der Waals surface area contributed by atoms with E-state index in [2.05, 4.69) is 4.99 Å². The maximum atomic E-state index is 12.5. The average molecular weight is 336 g/mol. The van der Waals surface area contributed by atoms with Gasteiger partial charge in [0.05, 0.1) is 23.1 Å². The lowest BCUT2D eigenvalue weighted by atomic mass is 10.0. The Morgan fingerprint density at radius 3 is 2.91 bits per heavy atom. The Kier molecular flexibility index (Phi) is 4.10. The van der Waals surface area contributed by atoms with Crippen molar-refractivity contribution in [3.8, 4) is 0 Å². The Hall–Kier alpha value is -1.60. The monoisotopic (exact) mass is 336 g/mol. The molecule has 2 atom stereocenters. The number of thioether (sulfide) groups is 1. The van der Waals surface area contributed by atoms with Gasteiger partial charge in [0.1, 0.15) is 6.04 Å². The van der Waals surface area contributed by atoms with Crippen molar-refractivity contribution in [1.29, 1.82) is 0 Å². The highest BCUT2D eigenvalue weighted by Crippen LogP contribution is 2.44. The first-order chi connectivity index (χ1) is 10.5. The second-order valence-corrected chi connectivity index (χ2v) is 7.29. The molecule has 0 radical (unpaired) electrons. The Morgan fingerprint density at radius 1 is 1.50 bits per heavy atom. The van der Waals surface area contributed by atoms with Gasteiger partial charge in [0.15, 0.2) is 5.17 Å². The minimum Gasteiger partial charge on any atom is -0.463 e. The first-order valence-corrected chi connectivity index (χ1v) is 8.80. The first kappa shape index (κ1) is 15.3. The van der Waals surface area contributed by atoms with Crippen LogP contribution in [0.3, 0.4) is 0 Å². The van der Waals surface area contributed by atoms with Crippen molar-refractivity contribution < 1.29 is 14.3 Å². The number of amides is 1. The van der Waals surface area contributed by atoms with Gasteiger partial charge in [-0.3, -0.25) is 9.69 Å². The van der Waals surface area contributed by atoms with E-state index in [-0.39, 0.29) is 11.2 Å². The fourth-order valence-corrected chi connectivity index (χ4v) is 4.44. The highest BCUT2D eigenvalue weighted by atomic mass is 32.2. The Balaban J connectivity index is 2.12. The molecule has 22 heavy (non-hydrogen) atoms. The van der Waals surface area contributed by atoms with Crippen LogP contribution in [0.2, 0.25) is 0 Å². The summed E-state index contributed by atoms with van der Waals surface area (Å²) < 4.78 is 5.18. The van der Waals surface area contributed by atoms with Gasteiger partial charge in [-0.25, -0.2) is 9.79 Å². The van der Waals surface area contributed by atoms with Gasteiger partial charge in [0, 0.05) is 4.88 Å². The number of aliphatic imine (C=N–C) groups is 1. The summed E-state index contributed by atoms with van der Waals surface area (Å²) in [7, 11) is 0. The molecule has 1 aromatic rings. The number of allylic oxidation sites excluding steroid dienone is 1. The van der Waals surface area contributed by atoms with Gasteiger partial charge in [-0.1, -0.05) is 17.8 Å². The fourth-order valence-electron chi connectivity index (χ4n) is 2.59. The number of hydrogen-bond acceptors (Lipinski definition) is 6. The van der Waals surface area contributed by atoms with E-state index in [1.807, 2.05) is 24.4 Å². The van der Waals surface area contributed by atoms with Gasteiger partial charge in [0.25, 0.3) is 0 Å². The van der Waals surface area contributed by atoms with Crippen molar-refractivity contribution >= 4 is 40.1 Å². The maximum Gasteiger partial charge on any atom is 0.338 e. The van der Waals surface area contributed by atoms with Crippen LogP contribution in [0.25, 0.3) is 0 Å². The van der Waals surface area contributed by atoms with Crippen LogP contribution in [0.1, 0.15) is 31.7 Å². The van der Waals surface area contributed by atoms with Crippen LogP contribution < -0.4 is 0 Å². The van der Waals surface area contributed by atoms with Crippen LogP contribution in [0.15, 0.2) is 33.8 Å². The van der Waals surface area contributed by atoms with E-state index >= 15 is 0 Å². The minimum absolute atomic E-state index is 0.0172. The SMILES string of the molecule is CCOC(=O)C1=C(C)N=C2S[C@@H](C)C(=O)N2[C@H]1c1cccs1. The summed E-state index contributed by atoms with van der Waals surface area (Å²) in [6.07, 6.45) is 0. The van der Waals surface area contributed by atoms with E-state index in [4.69, 9.17) is 4.74 Å². The van der Waals surface area contributed by atoms with Crippen molar-refractivity contribution in [3.05, 3.63) is 33.7 Å². The molecule has 116 valence electrons. The molecule has 3 rings (SSSR count). The molecule has 1 fully saturated rings. The number of esters is 1. The molecular formula is C15H16N2O3S2. The summed E-state index contributed by atoms with van der Waals surface area (Å²) in [5.74, 6) is -0.421. The Morgan fingerprint density at radius 2 is 2.27 bits per heavy atom. The van der Waals surface area contributed by atoms with Crippen molar-refractivity contribution in [2.75, 3.05) is 6.61 Å². The molecule has 0 aromatic carbocycles. The lowest BCUT2D eigenvalue weighted by molar-refractivity contribution is -0.139. The summed E-state index contributed by atoms with van der Waals surface area (Å²) in [4.78, 5) is 32.0. The van der Waals surface area contributed by atoms with Crippen LogP contribution in [0.5, 0.6) is 0 Å². The number of hydrogen-bond donors (Lipinski definition) is 0. The van der Waals surface area contributed by atoms with E-state index in [1.54, 1.807) is 18.7 Å². The third-order valence-corrected chi connectivity index (χ3v) is 5.54. The number of rotatable bonds is 3. The van der Waals surface area contributed by atoms with Gasteiger partial charge in [-0.2, -0.15) is 0 Å². The van der Waals surface area contributed by atoms with Crippen LogP contribution >= 0.6 is 23.1 Å². The second kappa shape index (κ2) is 5.89. The van der Waals surface area contributed by atoms with E-state index in [0.717, 1.165) is 4.88 Å². The molecule has 2 aliphatic rings. The van der Waals surface area contributed by atoms with Crippen molar-refractivity contribution in [3.63, 3.8) is 0 Å². The predicted octanol–water partition coefficient (Wildman–Crippen LogP) is 2.96. The van der Waals surface area contributed by atoms with Crippen molar-refractivity contribution in [1.82, 2.24) is 4.90 Å². The number of ether oxygens (including phenoxy) is 1. The van der Waals surface area contributed by atoms with E-state index in [0.29, 0.717) is 23.0 Å². The summed E-state index contributed by atoms with van der Waals surface area (Å²) in [6, 6.07) is 3.42. The molecule has 0 aliphatic carbocycles. The highest BCUT2D eigenvalue weighted by Gasteiger charge is 2.46. The van der Waals surface area contributed by atoms with Gasteiger partial charge >= 0.3 is 5.97 Å². The van der Waals surface area contributed by atoms with Crippen LogP contribution in [-0.2, 0) is 14.3 Å². The summed E-state index contributed by atoms with van der Waals surface area (Å²) in [5.41, 5.74) is 1.08. The zero-order valence-corrected chi connectivity index (χ0v) is 14.2. The zero-order chi connectivity index (χ0) is 15.9. The molecule has 1 aromatic heterocycles. The first-order valence-electron chi connectivity index (χ1n) is 7.04. The number of thiophene rings is 1. The number of carbonyl (C=O) groups excluding carboxylic acids is 2. The highest BCUT2D eigenvalue weighted by molar-refractivity contribution is 8.15. The van der Waals surface area contributed by atoms with Crippen LogP contribution in [-0.4, -0.2) is 33.8 Å². The third kappa shape index (κ3) is 2.38. The summed E-state index contributed by atoms with van der Waals surface area (Å²) in [6.45, 7) is 5.72. The molecule has 3 heterocycles. The standard InChI is InChI=1S/C15H16N2O3S2/c1-4-20-14(19)11-8(2)16-15-17(13(18)9(3)22-15)12(11)10-6-5-7-21-10/h5-7,9,12H,4H2,1-3H3/t9-,12-/m0/s1. The van der Waals surface area contributed by atoms with Gasteiger partial charge < -0.3 is 4.74 Å². The van der Waals surface area contributed by atoms with Gasteiger partial charge in [-0.05, 0) is 32.2 Å². The topological polar surface area (TPSA) is 59.0 Å². The molecular weight excluding hydrogens is 320 g/mol. The molecule has 7 heteroatoms. The van der Waals surface area contributed by atoms with E-state index < -0.39 is 12.0 Å². The molecule has 1 amide bonds.